The maximum absolute atomic E-state index is 13.5. The average molecular weight is 256 g/mol. The monoisotopic (exact) mass is 255 g/mol. The summed E-state index contributed by atoms with van der Waals surface area (Å²) in [5.41, 5.74) is 1.93. The van der Waals surface area contributed by atoms with E-state index in [0.29, 0.717) is 0 Å². The van der Waals surface area contributed by atoms with Crippen LogP contribution in [0.15, 0.2) is 22.8 Å². The van der Waals surface area contributed by atoms with E-state index in [2.05, 4.69) is 27.4 Å². The molecule has 2 rings (SSSR count). The van der Waals surface area contributed by atoms with E-state index < -0.39 is 0 Å². The van der Waals surface area contributed by atoms with Crippen molar-refractivity contribution < 1.29 is 4.39 Å². The minimum atomic E-state index is -0.145. The third-order valence-electron chi connectivity index (χ3n) is 2.52. The zero-order chi connectivity index (χ0) is 10.3. The third-order valence-corrected chi connectivity index (χ3v) is 3.54. The van der Waals surface area contributed by atoms with Crippen molar-refractivity contribution in [3.05, 3.63) is 34.2 Å². The Hall–Kier alpha value is -0.830. The largest absolute Gasteiger partial charge is 0.335 e. The first-order valence-corrected chi connectivity index (χ1v) is 5.39. The van der Waals surface area contributed by atoms with E-state index in [9.17, 15) is 4.39 Å². The molecule has 0 saturated carbocycles. The van der Waals surface area contributed by atoms with Gasteiger partial charge in [-0.2, -0.15) is 0 Å². The summed E-state index contributed by atoms with van der Waals surface area (Å²) >= 11 is 3.48. The lowest BCUT2D eigenvalue weighted by Crippen LogP contribution is -1.93. The molecule has 0 bridgehead atoms. The molecule has 0 saturated heterocycles. The van der Waals surface area contributed by atoms with Gasteiger partial charge >= 0.3 is 0 Å². The Labute approximate surface area is 90.7 Å². The number of fused-ring (bicyclic) bond motifs is 1. The van der Waals surface area contributed by atoms with Crippen molar-refractivity contribution in [3.63, 3.8) is 0 Å². The Morgan fingerprint density at radius 3 is 2.79 bits per heavy atom. The molecule has 0 aliphatic rings. The molecule has 0 atom stereocenters. The number of nitrogens with zero attached hydrogens (tertiary/aromatic N) is 1. The summed E-state index contributed by atoms with van der Waals surface area (Å²) in [4.78, 5) is 0. The van der Waals surface area contributed by atoms with Gasteiger partial charge in [-0.25, -0.2) is 4.39 Å². The molecular formula is C11H11BrFN. The zero-order valence-electron chi connectivity index (χ0n) is 8.14. The molecule has 14 heavy (non-hydrogen) atoms. The van der Waals surface area contributed by atoms with Gasteiger partial charge in [0.05, 0.1) is 10.1 Å². The van der Waals surface area contributed by atoms with E-state index in [4.69, 9.17) is 0 Å². The van der Waals surface area contributed by atoms with Crippen LogP contribution in [0, 0.1) is 12.7 Å². The van der Waals surface area contributed by atoms with Gasteiger partial charge in [-0.1, -0.05) is 6.07 Å². The summed E-state index contributed by atoms with van der Waals surface area (Å²) in [6.45, 7) is 4.82. The smallest absolute Gasteiger partial charge is 0.132 e. The van der Waals surface area contributed by atoms with Crippen molar-refractivity contribution in [1.29, 1.82) is 0 Å². The quantitative estimate of drug-likeness (QED) is 0.729. The van der Waals surface area contributed by atoms with Gasteiger partial charge in [-0.15, -0.1) is 0 Å². The lowest BCUT2D eigenvalue weighted by molar-refractivity contribution is 0.639. The topological polar surface area (TPSA) is 4.93 Å². The highest BCUT2D eigenvalue weighted by Crippen LogP contribution is 2.31. The molecule has 3 heteroatoms. The Bertz CT molecular complexity index is 487. The molecule has 0 aliphatic heterocycles. The fraction of sp³-hybridized carbons (Fsp3) is 0.273. The number of rotatable bonds is 1. The van der Waals surface area contributed by atoms with Gasteiger partial charge < -0.3 is 4.57 Å². The first-order valence-electron chi connectivity index (χ1n) is 4.59. The summed E-state index contributed by atoms with van der Waals surface area (Å²) in [6, 6.07) is 5.19. The summed E-state index contributed by atoms with van der Waals surface area (Å²) in [6.07, 6.45) is 0. The second-order valence-electron chi connectivity index (χ2n) is 3.29. The number of aryl methyl sites for hydroxylation is 2. The fourth-order valence-corrected chi connectivity index (χ4v) is 2.47. The van der Waals surface area contributed by atoms with Crippen LogP contribution < -0.4 is 0 Å². The summed E-state index contributed by atoms with van der Waals surface area (Å²) in [7, 11) is 0. The molecule has 0 fully saturated rings. The van der Waals surface area contributed by atoms with Crippen LogP contribution in [0.4, 0.5) is 4.39 Å². The number of hydrogen-bond acceptors (Lipinski definition) is 0. The molecule has 0 amide bonds. The van der Waals surface area contributed by atoms with E-state index in [1.165, 1.54) is 6.07 Å². The normalized spacial score (nSPS) is 11.1. The van der Waals surface area contributed by atoms with Gasteiger partial charge in [0, 0.05) is 11.9 Å². The van der Waals surface area contributed by atoms with Crippen LogP contribution in [-0.2, 0) is 6.54 Å². The Morgan fingerprint density at radius 1 is 1.43 bits per heavy atom. The lowest BCUT2D eigenvalue weighted by atomic mass is 10.2. The maximum atomic E-state index is 13.5. The van der Waals surface area contributed by atoms with Gasteiger partial charge in [0.1, 0.15) is 5.82 Å². The second-order valence-corrected chi connectivity index (χ2v) is 4.05. The maximum Gasteiger partial charge on any atom is 0.132 e. The van der Waals surface area contributed by atoms with Gasteiger partial charge in [0.15, 0.2) is 0 Å². The Morgan fingerprint density at radius 2 is 2.14 bits per heavy atom. The molecule has 0 spiro atoms. The molecule has 1 nitrogen and oxygen atoms in total. The minimum absolute atomic E-state index is 0.145. The Kier molecular flexibility index (Phi) is 2.35. The van der Waals surface area contributed by atoms with Gasteiger partial charge in [-0.3, -0.25) is 0 Å². The highest BCUT2D eigenvalue weighted by atomic mass is 79.9. The molecule has 2 aromatic rings. The third kappa shape index (κ3) is 1.19. The zero-order valence-corrected chi connectivity index (χ0v) is 9.73. The van der Waals surface area contributed by atoms with Crippen LogP contribution >= 0.6 is 15.9 Å². The molecule has 74 valence electrons. The predicted molar refractivity (Wildman–Crippen MR) is 60.0 cm³/mol. The molecule has 1 aromatic carbocycles. The van der Waals surface area contributed by atoms with E-state index >= 15 is 0 Å². The number of halogens is 2. The molecule has 1 heterocycles. The summed E-state index contributed by atoms with van der Waals surface area (Å²) in [5.74, 6) is -0.145. The van der Waals surface area contributed by atoms with E-state index in [1.807, 2.05) is 13.0 Å². The molecule has 0 unspecified atom stereocenters. The highest BCUT2D eigenvalue weighted by Gasteiger charge is 2.13. The van der Waals surface area contributed by atoms with Crippen molar-refractivity contribution in [2.45, 2.75) is 20.4 Å². The SMILES string of the molecule is CCn1c(Br)c(C)c2c(F)cccc21. The van der Waals surface area contributed by atoms with Crippen LogP contribution in [-0.4, -0.2) is 4.57 Å². The molecular weight excluding hydrogens is 245 g/mol. The van der Waals surface area contributed by atoms with Crippen LogP contribution in [0.5, 0.6) is 0 Å². The average Bonchev–Trinajstić information content (AvgIpc) is 2.41. The lowest BCUT2D eigenvalue weighted by Gasteiger charge is -2.01. The minimum Gasteiger partial charge on any atom is -0.335 e. The predicted octanol–water partition coefficient (Wildman–Crippen LogP) is 3.87. The van der Waals surface area contributed by atoms with Crippen molar-refractivity contribution in [2.24, 2.45) is 0 Å². The first-order chi connectivity index (χ1) is 6.66. The van der Waals surface area contributed by atoms with E-state index in [1.54, 1.807) is 6.07 Å². The van der Waals surface area contributed by atoms with Crippen LogP contribution in [0.2, 0.25) is 0 Å². The van der Waals surface area contributed by atoms with Gasteiger partial charge in [0.2, 0.25) is 0 Å². The number of hydrogen-bond donors (Lipinski definition) is 0. The molecule has 0 N–H and O–H groups in total. The van der Waals surface area contributed by atoms with Crippen molar-refractivity contribution in [1.82, 2.24) is 4.57 Å². The molecule has 1 aromatic heterocycles. The fourth-order valence-electron chi connectivity index (χ4n) is 1.83. The van der Waals surface area contributed by atoms with Gasteiger partial charge in [-0.05, 0) is 47.5 Å². The van der Waals surface area contributed by atoms with Gasteiger partial charge in [0.25, 0.3) is 0 Å². The standard InChI is InChI=1S/C11H11BrFN/c1-3-14-9-6-4-5-8(13)10(9)7(2)11(14)12/h4-6H,3H2,1-2H3. The van der Waals surface area contributed by atoms with Crippen LogP contribution in [0.25, 0.3) is 10.9 Å². The Balaban J connectivity index is 2.95. The molecule has 0 aliphatic carbocycles. The van der Waals surface area contributed by atoms with Crippen molar-refractivity contribution >= 4 is 26.8 Å². The van der Waals surface area contributed by atoms with E-state index in [-0.39, 0.29) is 5.82 Å². The van der Waals surface area contributed by atoms with E-state index in [0.717, 1.165) is 27.6 Å². The molecule has 0 radical (unpaired) electrons. The van der Waals surface area contributed by atoms with Crippen LogP contribution in [0.1, 0.15) is 12.5 Å². The van der Waals surface area contributed by atoms with Crippen molar-refractivity contribution in [3.8, 4) is 0 Å². The highest BCUT2D eigenvalue weighted by molar-refractivity contribution is 9.10. The van der Waals surface area contributed by atoms with Crippen LogP contribution in [0.3, 0.4) is 0 Å². The number of aromatic nitrogens is 1. The number of benzene rings is 1. The summed E-state index contributed by atoms with van der Waals surface area (Å²) in [5, 5.41) is 0.723. The first kappa shape index (κ1) is 9.71. The second kappa shape index (κ2) is 3.39. The van der Waals surface area contributed by atoms with Crippen molar-refractivity contribution in [2.75, 3.05) is 0 Å². The summed E-state index contributed by atoms with van der Waals surface area (Å²) < 4.78 is 16.6.